The van der Waals surface area contributed by atoms with E-state index in [1.165, 1.54) is 29.8 Å². The van der Waals surface area contributed by atoms with Crippen molar-refractivity contribution in [2.75, 3.05) is 13.1 Å². The molecule has 1 aliphatic rings. The van der Waals surface area contributed by atoms with Gasteiger partial charge in [0.15, 0.2) is 0 Å². The van der Waals surface area contributed by atoms with Crippen molar-refractivity contribution in [3.05, 3.63) is 75.8 Å². The Morgan fingerprint density at radius 1 is 1.09 bits per heavy atom. The van der Waals surface area contributed by atoms with Gasteiger partial charge >= 0.3 is 0 Å². The Balaban J connectivity index is 1.55. The number of likely N-dealkylation sites (tertiary alicyclic amines) is 1. The summed E-state index contributed by atoms with van der Waals surface area (Å²) in [5.41, 5.74) is 1.29. The molecular formula is C25H32N4O4. The zero-order valence-corrected chi connectivity index (χ0v) is 19.2. The van der Waals surface area contributed by atoms with Gasteiger partial charge in [0, 0.05) is 43.4 Å². The number of hydrogen-bond acceptors (Lipinski definition) is 5. The lowest BCUT2D eigenvalue weighted by molar-refractivity contribution is -0.384. The Morgan fingerprint density at radius 2 is 1.79 bits per heavy atom. The summed E-state index contributed by atoms with van der Waals surface area (Å²) >= 11 is 0. The minimum Gasteiger partial charge on any atom is -0.351 e. The minimum absolute atomic E-state index is 0.0638. The molecule has 0 saturated carbocycles. The summed E-state index contributed by atoms with van der Waals surface area (Å²) < 4.78 is 0. The average molecular weight is 453 g/mol. The van der Waals surface area contributed by atoms with Crippen LogP contribution in [0.3, 0.4) is 0 Å². The van der Waals surface area contributed by atoms with Gasteiger partial charge in [0.25, 0.3) is 11.6 Å². The average Bonchev–Trinajstić information content (AvgIpc) is 2.80. The first-order chi connectivity index (χ1) is 15.8. The lowest BCUT2D eigenvalue weighted by Crippen LogP contribution is -2.52. The van der Waals surface area contributed by atoms with Crippen LogP contribution in [-0.4, -0.2) is 46.8 Å². The molecule has 33 heavy (non-hydrogen) atoms. The van der Waals surface area contributed by atoms with E-state index >= 15 is 0 Å². The molecule has 8 heteroatoms. The van der Waals surface area contributed by atoms with Crippen molar-refractivity contribution in [2.24, 2.45) is 5.92 Å². The molecule has 1 saturated heterocycles. The molecule has 0 unspecified atom stereocenters. The number of nitrogens with zero attached hydrogens (tertiary/aromatic N) is 2. The molecule has 1 aliphatic heterocycles. The summed E-state index contributed by atoms with van der Waals surface area (Å²) in [4.78, 5) is 38.6. The second-order valence-electron chi connectivity index (χ2n) is 9.01. The van der Waals surface area contributed by atoms with Gasteiger partial charge in [-0.2, -0.15) is 0 Å². The number of amides is 2. The third kappa shape index (κ3) is 7.39. The highest BCUT2D eigenvalue weighted by Crippen LogP contribution is 2.16. The Labute approximate surface area is 194 Å². The van der Waals surface area contributed by atoms with Gasteiger partial charge in [-0.15, -0.1) is 0 Å². The fourth-order valence-corrected chi connectivity index (χ4v) is 4.08. The molecule has 2 N–H and O–H groups in total. The molecule has 0 bridgehead atoms. The molecule has 1 fully saturated rings. The Kier molecular flexibility index (Phi) is 8.54. The highest BCUT2D eigenvalue weighted by atomic mass is 16.6. The van der Waals surface area contributed by atoms with Gasteiger partial charge in [0.2, 0.25) is 5.91 Å². The molecule has 0 radical (unpaired) electrons. The molecule has 0 spiro atoms. The van der Waals surface area contributed by atoms with Crippen molar-refractivity contribution in [2.45, 2.75) is 51.7 Å². The van der Waals surface area contributed by atoms with E-state index in [4.69, 9.17) is 0 Å². The van der Waals surface area contributed by atoms with E-state index in [1.54, 1.807) is 0 Å². The van der Waals surface area contributed by atoms with Crippen molar-refractivity contribution in [3.8, 4) is 0 Å². The highest BCUT2D eigenvalue weighted by molar-refractivity contribution is 5.98. The van der Waals surface area contributed by atoms with Crippen LogP contribution in [0.4, 0.5) is 5.69 Å². The summed E-state index contributed by atoms with van der Waals surface area (Å²) in [7, 11) is 0. The highest BCUT2D eigenvalue weighted by Gasteiger charge is 2.27. The van der Waals surface area contributed by atoms with Gasteiger partial charge in [-0.25, -0.2) is 0 Å². The van der Waals surface area contributed by atoms with E-state index in [9.17, 15) is 19.7 Å². The molecule has 2 aromatic carbocycles. The maximum absolute atomic E-state index is 13.0. The maximum atomic E-state index is 13.0. The SMILES string of the molecule is CC(C)C[C@@H](NC(=O)c1cccc([N+](=O)[O-])c1)C(=O)NC1CCN(Cc2ccccc2)CC1. The van der Waals surface area contributed by atoms with Crippen LogP contribution in [0.2, 0.25) is 0 Å². The van der Waals surface area contributed by atoms with E-state index in [2.05, 4.69) is 27.7 Å². The van der Waals surface area contributed by atoms with Gasteiger partial charge < -0.3 is 10.6 Å². The normalized spacial score (nSPS) is 15.7. The van der Waals surface area contributed by atoms with E-state index in [0.29, 0.717) is 6.42 Å². The van der Waals surface area contributed by atoms with Crippen LogP contribution in [0, 0.1) is 16.0 Å². The molecule has 3 rings (SSSR count). The number of hydrogen-bond donors (Lipinski definition) is 2. The molecule has 0 aromatic heterocycles. The number of carbonyl (C=O) groups excluding carboxylic acids is 2. The van der Waals surface area contributed by atoms with Crippen LogP contribution in [0.15, 0.2) is 54.6 Å². The van der Waals surface area contributed by atoms with Gasteiger partial charge in [-0.1, -0.05) is 50.2 Å². The van der Waals surface area contributed by atoms with Crippen LogP contribution in [-0.2, 0) is 11.3 Å². The largest absolute Gasteiger partial charge is 0.351 e. The quantitative estimate of drug-likeness (QED) is 0.447. The van der Waals surface area contributed by atoms with E-state index in [0.717, 1.165) is 32.5 Å². The summed E-state index contributed by atoms with van der Waals surface area (Å²) in [5, 5.41) is 16.9. The number of nitrogens with one attached hydrogen (secondary N) is 2. The number of carbonyl (C=O) groups is 2. The number of non-ortho nitro benzene ring substituents is 1. The number of nitro benzene ring substituents is 1. The van der Waals surface area contributed by atoms with Crippen molar-refractivity contribution in [1.29, 1.82) is 0 Å². The monoisotopic (exact) mass is 452 g/mol. The summed E-state index contributed by atoms with van der Waals surface area (Å²) in [6, 6.07) is 15.2. The lowest BCUT2D eigenvalue weighted by Gasteiger charge is -2.33. The van der Waals surface area contributed by atoms with Crippen molar-refractivity contribution in [3.63, 3.8) is 0 Å². The van der Waals surface area contributed by atoms with Gasteiger partial charge in [-0.05, 0) is 36.8 Å². The third-order valence-corrected chi connectivity index (χ3v) is 5.83. The predicted octanol–water partition coefficient (Wildman–Crippen LogP) is 3.52. The Bertz CT molecular complexity index is 956. The fraction of sp³-hybridized carbons (Fsp3) is 0.440. The van der Waals surface area contributed by atoms with Gasteiger partial charge in [0.1, 0.15) is 6.04 Å². The molecule has 0 aliphatic carbocycles. The van der Waals surface area contributed by atoms with E-state index in [-0.39, 0.29) is 29.1 Å². The van der Waals surface area contributed by atoms with Gasteiger partial charge in [-0.3, -0.25) is 24.6 Å². The van der Waals surface area contributed by atoms with Crippen LogP contribution in [0.5, 0.6) is 0 Å². The number of nitro groups is 1. The lowest BCUT2D eigenvalue weighted by atomic mass is 10.00. The van der Waals surface area contributed by atoms with Crippen molar-refractivity contribution in [1.82, 2.24) is 15.5 Å². The van der Waals surface area contributed by atoms with Crippen LogP contribution >= 0.6 is 0 Å². The number of rotatable bonds is 9. The van der Waals surface area contributed by atoms with E-state index < -0.39 is 16.9 Å². The first-order valence-corrected chi connectivity index (χ1v) is 11.4. The first kappa shape index (κ1) is 24.4. The molecule has 1 heterocycles. The fourth-order valence-electron chi connectivity index (χ4n) is 4.08. The first-order valence-electron chi connectivity index (χ1n) is 11.4. The molecule has 1 atom stereocenters. The molecule has 2 aromatic rings. The Morgan fingerprint density at radius 3 is 2.42 bits per heavy atom. The second kappa shape index (κ2) is 11.6. The molecule has 2 amide bonds. The minimum atomic E-state index is -0.695. The molecular weight excluding hydrogens is 420 g/mol. The maximum Gasteiger partial charge on any atom is 0.270 e. The molecule has 8 nitrogen and oxygen atoms in total. The van der Waals surface area contributed by atoms with Gasteiger partial charge in [0.05, 0.1) is 4.92 Å². The summed E-state index contributed by atoms with van der Waals surface area (Å²) in [5.74, 6) is -0.500. The third-order valence-electron chi connectivity index (χ3n) is 5.83. The zero-order chi connectivity index (χ0) is 23.8. The summed E-state index contributed by atoms with van der Waals surface area (Å²) in [6.45, 7) is 6.67. The number of piperidine rings is 1. The van der Waals surface area contributed by atoms with Crippen LogP contribution < -0.4 is 10.6 Å². The van der Waals surface area contributed by atoms with Crippen molar-refractivity contribution >= 4 is 17.5 Å². The van der Waals surface area contributed by atoms with Crippen LogP contribution in [0.25, 0.3) is 0 Å². The Hall–Kier alpha value is -3.26. The molecule has 176 valence electrons. The predicted molar refractivity (Wildman–Crippen MR) is 127 cm³/mol. The van der Waals surface area contributed by atoms with Crippen LogP contribution in [0.1, 0.15) is 49.0 Å². The van der Waals surface area contributed by atoms with E-state index in [1.807, 2.05) is 32.0 Å². The number of benzene rings is 2. The second-order valence-corrected chi connectivity index (χ2v) is 9.01. The standard InChI is InChI=1S/C25H32N4O4/c1-18(2)15-23(27-24(30)20-9-6-10-22(16-20)29(32)33)25(31)26-21-11-13-28(14-12-21)17-19-7-4-3-5-8-19/h3-10,16,18,21,23H,11-15,17H2,1-2H3,(H,26,31)(H,27,30)/t23-/m1/s1. The van der Waals surface area contributed by atoms with Crippen molar-refractivity contribution < 1.29 is 14.5 Å². The topological polar surface area (TPSA) is 105 Å². The smallest absolute Gasteiger partial charge is 0.270 e. The summed E-state index contributed by atoms with van der Waals surface area (Å²) in [6.07, 6.45) is 2.19. The zero-order valence-electron chi connectivity index (χ0n) is 19.2.